The predicted molar refractivity (Wildman–Crippen MR) is 47.0 cm³/mol. The van der Waals surface area contributed by atoms with Crippen LogP contribution in [0, 0.1) is 0 Å². The minimum atomic E-state index is -0.366. The number of esters is 1. The highest BCUT2D eigenvalue weighted by Crippen LogP contribution is 2.17. The Hall–Kier alpha value is -1.06. The van der Waals surface area contributed by atoms with Gasteiger partial charge in [-0.25, -0.2) is 4.79 Å². The topological polar surface area (TPSA) is 46.6 Å². The van der Waals surface area contributed by atoms with Crippen LogP contribution in [0.5, 0.6) is 0 Å². The number of hydrogen-bond donors (Lipinski definition) is 0. The molecule has 1 fully saturated rings. The van der Waals surface area contributed by atoms with Gasteiger partial charge in [-0.05, 0) is 20.3 Å². The third-order valence-corrected chi connectivity index (χ3v) is 2.12. The van der Waals surface area contributed by atoms with Crippen LogP contribution in [0.15, 0.2) is 0 Å². The molecule has 1 rings (SSSR count). The maximum Gasteiger partial charge on any atom is 0.329 e. The lowest BCUT2D eigenvalue weighted by molar-refractivity contribution is -0.154. The molecule has 1 atom stereocenters. The molecule has 0 spiro atoms. The van der Waals surface area contributed by atoms with Gasteiger partial charge in [0.1, 0.15) is 6.04 Å². The van der Waals surface area contributed by atoms with Gasteiger partial charge in [-0.2, -0.15) is 0 Å². The summed E-state index contributed by atoms with van der Waals surface area (Å²) in [6, 6.07) is -0.366. The summed E-state index contributed by atoms with van der Waals surface area (Å²) in [6.45, 7) is 3.60. The Morgan fingerprint density at radius 2 is 2.23 bits per heavy atom. The fourth-order valence-corrected chi connectivity index (χ4v) is 1.39. The van der Waals surface area contributed by atoms with Gasteiger partial charge in [-0.3, -0.25) is 4.79 Å². The molecule has 0 aromatic heterocycles. The zero-order valence-electron chi connectivity index (χ0n) is 8.24. The molecule has 1 saturated heterocycles. The molecule has 0 aromatic rings. The molecule has 0 saturated carbocycles. The third kappa shape index (κ3) is 2.20. The molecule has 0 N–H and O–H groups in total. The smallest absolute Gasteiger partial charge is 0.329 e. The Labute approximate surface area is 77.8 Å². The Morgan fingerprint density at radius 3 is 2.62 bits per heavy atom. The highest BCUT2D eigenvalue weighted by molar-refractivity contribution is 5.87. The Bertz CT molecular complexity index is 225. The molecule has 1 aliphatic rings. The molecule has 0 aromatic carbocycles. The monoisotopic (exact) mass is 185 g/mol. The number of likely N-dealkylation sites (tertiary alicyclic amines) is 1. The van der Waals surface area contributed by atoms with Gasteiger partial charge in [0.2, 0.25) is 5.91 Å². The van der Waals surface area contributed by atoms with E-state index in [4.69, 9.17) is 4.74 Å². The van der Waals surface area contributed by atoms with E-state index in [1.165, 1.54) is 4.90 Å². The fraction of sp³-hybridized carbons (Fsp3) is 0.778. The summed E-state index contributed by atoms with van der Waals surface area (Å²) in [5.41, 5.74) is 0. The van der Waals surface area contributed by atoms with Crippen LogP contribution in [0.1, 0.15) is 26.7 Å². The summed E-state index contributed by atoms with van der Waals surface area (Å²) in [4.78, 5) is 24.0. The lowest BCUT2D eigenvalue weighted by Gasteiger charge is -2.19. The van der Waals surface area contributed by atoms with Gasteiger partial charge in [0.25, 0.3) is 0 Å². The third-order valence-electron chi connectivity index (χ3n) is 2.12. The summed E-state index contributed by atoms with van der Waals surface area (Å²) in [5.74, 6) is -0.269. The van der Waals surface area contributed by atoms with Crippen LogP contribution in [0.3, 0.4) is 0 Å². The van der Waals surface area contributed by atoms with Crippen molar-refractivity contribution in [2.75, 3.05) is 7.05 Å². The van der Waals surface area contributed by atoms with Crippen molar-refractivity contribution in [1.82, 2.24) is 4.90 Å². The van der Waals surface area contributed by atoms with E-state index < -0.39 is 0 Å². The van der Waals surface area contributed by atoms with Crippen LogP contribution in [0.4, 0.5) is 0 Å². The van der Waals surface area contributed by atoms with Crippen LogP contribution in [0.25, 0.3) is 0 Å². The standard InChI is InChI=1S/C9H15NO3/c1-6(2)13-9(12)7-4-5-8(11)10(7)3/h6-7H,4-5H2,1-3H3/t7-/m0/s1. The zero-order chi connectivity index (χ0) is 10.0. The fourth-order valence-electron chi connectivity index (χ4n) is 1.39. The van der Waals surface area contributed by atoms with Crippen LogP contribution < -0.4 is 0 Å². The van der Waals surface area contributed by atoms with Crippen LogP contribution >= 0.6 is 0 Å². The SMILES string of the molecule is CC(C)OC(=O)[C@@H]1CCC(=O)N1C. The van der Waals surface area contributed by atoms with E-state index in [-0.39, 0.29) is 24.0 Å². The first kappa shape index (κ1) is 10.0. The molecular formula is C9H15NO3. The molecular weight excluding hydrogens is 170 g/mol. The van der Waals surface area contributed by atoms with Crippen molar-refractivity contribution in [2.24, 2.45) is 0 Å². The molecule has 0 aliphatic carbocycles. The Balaban J connectivity index is 2.53. The Kier molecular flexibility index (Phi) is 2.90. The molecule has 4 heteroatoms. The zero-order valence-corrected chi connectivity index (χ0v) is 8.24. The van der Waals surface area contributed by atoms with E-state index in [0.29, 0.717) is 12.8 Å². The number of hydrogen-bond acceptors (Lipinski definition) is 3. The van der Waals surface area contributed by atoms with Crippen molar-refractivity contribution in [3.63, 3.8) is 0 Å². The Morgan fingerprint density at radius 1 is 1.62 bits per heavy atom. The number of rotatable bonds is 2. The summed E-state index contributed by atoms with van der Waals surface area (Å²) >= 11 is 0. The van der Waals surface area contributed by atoms with Crippen molar-refractivity contribution in [3.05, 3.63) is 0 Å². The van der Waals surface area contributed by atoms with E-state index in [1.54, 1.807) is 20.9 Å². The van der Waals surface area contributed by atoms with Gasteiger partial charge in [0.05, 0.1) is 6.10 Å². The number of likely N-dealkylation sites (N-methyl/N-ethyl adjacent to an activating group) is 1. The lowest BCUT2D eigenvalue weighted by Crippen LogP contribution is -2.37. The largest absolute Gasteiger partial charge is 0.461 e. The van der Waals surface area contributed by atoms with Crippen molar-refractivity contribution < 1.29 is 14.3 Å². The van der Waals surface area contributed by atoms with Gasteiger partial charge in [-0.1, -0.05) is 0 Å². The van der Waals surface area contributed by atoms with E-state index >= 15 is 0 Å². The second kappa shape index (κ2) is 3.77. The number of carbonyl (C=O) groups is 2. The maximum absolute atomic E-state index is 11.4. The highest BCUT2D eigenvalue weighted by atomic mass is 16.5. The second-order valence-corrected chi connectivity index (χ2v) is 3.54. The van der Waals surface area contributed by atoms with E-state index in [9.17, 15) is 9.59 Å². The summed E-state index contributed by atoms with van der Waals surface area (Å²) in [7, 11) is 1.64. The number of carbonyl (C=O) groups excluding carboxylic acids is 2. The molecule has 13 heavy (non-hydrogen) atoms. The summed E-state index contributed by atoms with van der Waals surface area (Å²) < 4.78 is 5.02. The minimum absolute atomic E-state index is 0.0192. The normalized spacial score (nSPS) is 22.6. The molecule has 1 heterocycles. The molecule has 0 radical (unpaired) electrons. The quantitative estimate of drug-likeness (QED) is 0.590. The predicted octanol–water partition coefficient (Wildman–Crippen LogP) is 0.559. The number of amides is 1. The van der Waals surface area contributed by atoms with Crippen molar-refractivity contribution in [2.45, 2.75) is 38.8 Å². The van der Waals surface area contributed by atoms with Crippen LogP contribution in [-0.2, 0) is 14.3 Å². The number of nitrogens with zero attached hydrogens (tertiary/aromatic N) is 1. The van der Waals surface area contributed by atoms with E-state index in [0.717, 1.165) is 0 Å². The molecule has 0 bridgehead atoms. The van der Waals surface area contributed by atoms with Gasteiger partial charge in [0.15, 0.2) is 0 Å². The minimum Gasteiger partial charge on any atom is -0.461 e. The number of ether oxygens (including phenoxy) is 1. The first-order valence-electron chi connectivity index (χ1n) is 4.48. The highest BCUT2D eigenvalue weighted by Gasteiger charge is 2.34. The molecule has 74 valence electrons. The first-order valence-corrected chi connectivity index (χ1v) is 4.48. The van der Waals surface area contributed by atoms with Gasteiger partial charge >= 0.3 is 5.97 Å². The molecule has 0 unspecified atom stereocenters. The molecule has 4 nitrogen and oxygen atoms in total. The van der Waals surface area contributed by atoms with E-state index in [1.807, 2.05) is 0 Å². The van der Waals surface area contributed by atoms with Crippen molar-refractivity contribution in [1.29, 1.82) is 0 Å². The summed E-state index contributed by atoms with van der Waals surface area (Å²) in [6.07, 6.45) is 0.923. The average molecular weight is 185 g/mol. The van der Waals surface area contributed by atoms with Gasteiger partial charge < -0.3 is 9.64 Å². The van der Waals surface area contributed by atoms with Crippen molar-refractivity contribution in [3.8, 4) is 0 Å². The second-order valence-electron chi connectivity index (χ2n) is 3.54. The van der Waals surface area contributed by atoms with E-state index in [2.05, 4.69) is 0 Å². The van der Waals surface area contributed by atoms with Crippen LogP contribution in [0.2, 0.25) is 0 Å². The lowest BCUT2D eigenvalue weighted by atomic mass is 10.2. The van der Waals surface area contributed by atoms with Gasteiger partial charge in [0, 0.05) is 13.5 Å². The average Bonchev–Trinajstić information content (AvgIpc) is 2.31. The van der Waals surface area contributed by atoms with Crippen molar-refractivity contribution >= 4 is 11.9 Å². The first-order chi connectivity index (χ1) is 6.02. The van der Waals surface area contributed by atoms with Gasteiger partial charge in [-0.15, -0.1) is 0 Å². The van der Waals surface area contributed by atoms with Crippen LogP contribution in [-0.4, -0.2) is 36.0 Å². The summed E-state index contributed by atoms with van der Waals surface area (Å²) in [5, 5.41) is 0. The molecule has 1 amide bonds. The molecule has 1 aliphatic heterocycles. The maximum atomic E-state index is 11.4.